The summed E-state index contributed by atoms with van der Waals surface area (Å²) in [6.07, 6.45) is 1.23. The Morgan fingerprint density at radius 1 is 1.07 bits per heavy atom. The van der Waals surface area contributed by atoms with Gasteiger partial charge in [0, 0.05) is 11.9 Å². The Balaban J connectivity index is 2.12. The topological polar surface area (TPSA) is 118 Å². The molecule has 0 fully saturated rings. The lowest BCUT2D eigenvalue weighted by Crippen LogP contribution is -2.17. The second kappa shape index (κ2) is 10.3. The molecular formula is C21H19N3O5. The van der Waals surface area contributed by atoms with Crippen LogP contribution in [0.1, 0.15) is 27.6 Å². The zero-order valence-electron chi connectivity index (χ0n) is 15.9. The summed E-state index contributed by atoms with van der Waals surface area (Å²) in [5.74, 6) is -1.73. The van der Waals surface area contributed by atoms with Crippen molar-refractivity contribution in [2.75, 3.05) is 24.4 Å². The van der Waals surface area contributed by atoms with Crippen molar-refractivity contribution in [1.82, 2.24) is 0 Å². The molecule has 2 N–H and O–H groups in total. The van der Waals surface area contributed by atoms with Crippen LogP contribution in [-0.2, 0) is 14.3 Å². The first-order valence-corrected chi connectivity index (χ1v) is 8.62. The minimum atomic E-state index is -0.692. The number of anilines is 2. The average Bonchev–Trinajstić information content (AvgIpc) is 2.74. The number of hydrogen-bond donors (Lipinski definition) is 2. The number of carbonyl (C=O) groups is 3. The van der Waals surface area contributed by atoms with E-state index in [2.05, 4.69) is 15.4 Å². The number of nitrogens with one attached hydrogen (secondary N) is 2. The summed E-state index contributed by atoms with van der Waals surface area (Å²) in [5.41, 5.74) is 1.15. The summed E-state index contributed by atoms with van der Waals surface area (Å²) in [7, 11) is 1.29. The third kappa shape index (κ3) is 5.68. The standard InChI is InChI=1S/C21H19N3O5/c1-3-29-21(27)17-6-4-5-7-18(17)24-19(25)15(12-22)13-23-16-10-8-14(9-11-16)20(26)28-2/h4-11,13,23H,3H2,1-2H3,(H,24,25)/b15-13-. The number of esters is 2. The second-order valence-corrected chi connectivity index (χ2v) is 5.60. The molecule has 0 saturated heterocycles. The van der Waals surface area contributed by atoms with E-state index in [1.54, 1.807) is 49.4 Å². The molecule has 1 amide bonds. The van der Waals surface area contributed by atoms with Crippen molar-refractivity contribution in [2.45, 2.75) is 6.92 Å². The van der Waals surface area contributed by atoms with E-state index >= 15 is 0 Å². The van der Waals surface area contributed by atoms with Crippen molar-refractivity contribution in [1.29, 1.82) is 5.26 Å². The van der Waals surface area contributed by atoms with Gasteiger partial charge in [0.05, 0.1) is 30.5 Å². The molecule has 0 aliphatic heterocycles. The molecule has 2 aromatic carbocycles. The van der Waals surface area contributed by atoms with E-state index in [-0.39, 0.29) is 23.4 Å². The Morgan fingerprint density at radius 3 is 2.38 bits per heavy atom. The van der Waals surface area contributed by atoms with Crippen LogP contribution in [0.15, 0.2) is 60.3 Å². The first-order valence-electron chi connectivity index (χ1n) is 8.62. The molecule has 0 aromatic heterocycles. The fraction of sp³-hybridized carbons (Fsp3) is 0.143. The van der Waals surface area contributed by atoms with Crippen LogP contribution < -0.4 is 10.6 Å². The molecule has 8 nitrogen and oxygen atoms in total. The van der Waals surface area contributed by atoms with Gasteiger partial charge in [0.1, 0.15) is 11.6 Å². The molecule has 2 aromatic rings. The highest BCUT2D eigenvalue weighted by Gasteiger charge is 2.16. The third-order valence-electron chi connectivity index (χ3n) is 3.72. The van der Waals surface area contributed by atoms with Gasteiger partial charge in [0.2, 0.25) is 0 Å². The lowest BCUT2D eigenvalue weighted by atomic mass is 10.1. The molecule has 0 heterocycles. The first-order chi connectivity index (χ1) is 14.0. The highest BCUT2D eigenvalue weighted by atomic mass is 16.5. The molecule has 0 aliphatic rings. The predicted octanol–water partition coefficient (Wildman–Crippen LogP) is 3.11. The van der Waals surface area contributed by atoms with Crippen LogP contribution in [-0.4, -0.2) is 31.6 Å². The molecule has 0 saturated carbocycles. The van der Waals surface area contributed by atoms with Crippen LogP contribution in [0.25, 0.3) is 0 Å². The quantitative estimate of drug-likeness (QED) is 0.421. The van der Waals surface area contributed by atoms with Gasteiger partial charge in [-0.2, -0.15) is 5.26 Å². The molecule has 0 spiro atoms. The summed E-state index contributed by atoms with van der Waals surface area (Å²) in [6, 6.07) is 14.4. The fourth-order valence-corrected chi connectivity index (χ4v) is 2.29. The van der Waals surface area contributed by atoms with E-state index in [4.69, 9.17) is 4.74 Å². The number of amides is 1. The van der Waals surface area contributed by atoms with E-state index in [0.717, 1.165) is 0 Å². The summed E-state index contributed by atoms with van der Waals surface area (Å²) < 4.78 is 9.58. The molecule has 0 bridgehead atoms. The van der Waals surface area contributed by atoms with Gasteiger partial charge in [-0.05, 0) is 43.3 Å². The number of nitriles is 1. The van der Waals surface area contributed by atoms with Crippen LogP contribution in [0.2, 0.25) is 0 Å². The van der Waals surface area contributed by atoms with Gasteiger partial charge in [-0.25, -0.2) is 9.59 Å². The number of benzene rings is 2. The van der Waals surface area contributed by atoms with E-state index < -0.39 is 17.8 Å². The largest absolute Gasteiger partial charge is 0.465 e. The SMILES string of the molecule is CCOC(=O)c1ccccc1NC(=O)/C(C#N)=C\Nc1ccc(C(=O)OC)cc1. The van der Waals surface area contributed by atoms with Crippen LogP contribution in [0.5, 0.6) is 0 Å². The molecule has 0 atom stereocenters. The monoisotopic (exact) mass is 393 g/mol. The smallest absolute Gasteiger partial charge is 0.340 e. The number of para-hydroxylation sites is 1. The highest BCUT2D eigenvalue weighted by molar-refractivity contribution is 6.09. The Labute approximate surface area is 167 Å². The van der Waals surface area contributed by atoms with E-state index in [0.29, 0.717) is 11.3 Å². The molecule has 2 rings (SSSR count). The van der Waals surface area contributed by atoms with Crippen LogP contribution in [0, 0.1) is 11.3 Å². The van der Waals surface area contributed by atoms with Gasteiger partial charge in [0.25, 0.3) is 5.91 Å². The van der Waals surface area contributed by atoms with Gasteiger partial charge < -0.3 is 20.1 Å². The van der Waals surface area contributed by atoms with Crippen molar-refractivity contribution in [3.8, 4) is 6.07 Å². The molecule has 29 heavy (non-hydrogen) atoms. The number of rotatable bonds is 7. The van der Waals surface area contributed by atoms with Gasteiger partial charge in [-0.15, -0.1) is 0 Å². The minimum Gasteiger partial charge on any atom is -0.465 e. The van der Waals surface area contributed by atoms with E-state index in [1.165, 1.54) is 25.4 Å². The summed E-state index contributed by atoms with van der Waals surface area (Å²) in [6.45, 7) is 1.88. The average molecular weight is 393 g/mol. The van der Waals surface area contributed by atoms with Crippen molar-refractivity contribution in [2.24, 2.45) is 0 Å². The summed E-state index contributed by atoms with van der Waals surface area (Å²) in [5, 5.41) is 14.6. The molecule has 8 heteroatoms. The normalized spacial score (nSPS) is 10.4. The lowest BCUT2D eigenvalue weighted by Gasteiger charge is -2.10. The number of hydrogen-bond acceptors (Lipinski definition) is 7. The van der Waals surface area contributed by atoms with Crippen molar-refractivity contribution < 1.29 is 23.9 Å². The maximum atomic E-state index is 12.4. The van der Waals surface area contributed by atoms with E-state index in [1.807, 2.05) is 0 Å². The van der Waals surface area contributed by atoms with Crippen molar-refractivity contribution >= 4 is 29.2 Å². The Hall–Kier alpha value is -4.12. The van der Waals surface area contributed by atoms with Crippen LogP contribution >= 0.6 is 0 Å². The van der Waals surface area contributed by atoms with Gasteiger partial charge in [0.15, 0.2) is 0 Å². The Bertz CT molecular complexity index is 975. The maximum Gasteiger partial charge on any atom is 0.340 e. The number of ether oxygens (including phenoxy) is 2. The van der Waals surface area contributed by atoms with Crippen LogP contribution in [0.4, 0.5) is 11.4 Å². The maximum absolute atomic E-state index is 12.4. The summed E-state index contributed by atoms with van der Waals surface area (Å²) in [4.78, 5) is 35.9. The van der Waals surface area contributed by atoms with Gasteiger partial charge >= 0.3 is 11.9 Å². The lowest BCUT2D eigenvalue weighted by molar-refractivity contribution is -0.112. The minimum absolute atomic E-state index is 0.186. The molecule has 0 unspecified atom stereocenters. The van der Waals surface area contributed by atoms with Crippen molar-refractivity contribution in [3.63, 3.8) is 0 Å². The van der Waals surface area contributed by atoms with Gasteiger partial charge in [-0.1, -0.05) is 12.1 Å². The predicted molar refractivity (Wildman–Crippen MR) is 106 cm³/mol. The number of carbonyl (C=O) groups excluding carboxylic acids is 3. The fourth-order valence-electron chi connectivity index (χ4n) is 2.29. The summed E-state index contributed by atoms with van der Waals surface area (Å²) >= 11 is 0. The zero-order valence-corrected chi connectivity index (χ0v) is 15.9. The molecule has 0 aliphatic carbocycles. The Morgan fingerprint density at radius 2 is 1.76 bits per heavy atom. The number of nitrogens with zero attached hydrogens (tertiary/aromatic N) is 1. The molecule has 148 valence electrons. The van der Waals surface area contributed by atoms with Crippen molar-refractivity contribution in [3.05, 3.63) is 71.4 Å². The second-order valence-electron chi connectivity index (χ2n) is 5.60. The van der Waals surface area contributed by atoms with Crippen LogP contribution in [0.3, 0.4) is 0 Å². The van der Waals surface area contributed by atoms with Gasteiger partial charge in [-0.3, -0.25) is 4.79 Å². The number of methoxy groups -OCH3 is 1. The Kier molecular flexibility index (Phi) is 7.51. The first kappa shape index (κ1) is 21.2. The molecular weight excluding hydrogens is 374 g/mol. The third-order valence-corrected chi connectivity index (χ3v) is 3.72. The molecule has 0 radical (unpaired) electrons. The highest BCUT2D eigenvalue weighted by Crippen LogP contribution is 2.17. The zero-order chi connectivity index (χ0) is 21.2. The van der Waals surface area contributed by atoms with E-state index in [9.17, 15) is 19.6 Å².